The Balaban J connectivity index is 1.17. The van der Waals surface area contributed by atoms with E-state index in [9.17, 15) is 18.3 Å². The van der Waals surface area contributed by atoms with Crippen LogP contribution in [0.4, 0.5) is 20.8 Å². The molecule has 2 saturated carbocycles. The van der Waals surface area contributed by atoms with Gasteiger partial charge in [0.2, 0.25) is 21.9 Å². The van der Waals surface area contributed by atoms with Gasteiger partial charge >= 0.3 is 6.09 Å². The number of nitrogens with one attached hydrogen (secondary N) is 2. The summed E-state index contributed by atoms with van der Waals surface area (Å²) >= 11 is 0. The molecule has 0 bridgehead atoms. The van der Waals surface area contributed by atoms with Crippen LogP contribution < -0.4 is 14.8 Å². The molecule has 45 heavy (non-hydrogen) atoms. The number of piperidine rings is 1. The van der Waals surface area contributed by atoms with Gasteiger partial charge in [-0.3, -0.25) is 4.72 Å². The van der Waals surface area contributed by atoms with Crippen molar-refractivity contribution in [1.29, 1.82) is 0 Å². The maximum Gasteiger partial charge on any atom is 0.407 e. The zero-order chi connectivity index (χ0) is 31.3. The zero-order valence-electron chi connectivity index (χ0n) is 24.7. The van der Waals surface area contributed by atoms with E-state index in [0.717, 1.165) is 37.7 Å². The number of ether oxygens (including phenoxy) is 1. The van der Waals surface area contributed by atoms with E-state index in [1.54, 1.807) is 42.7 Å². The number of halogens is 1. The minimum Gasteiger partial charge on any atom is -0.465 e. The maximum atomic E-state index is 15.1. The molecule has 1 amide bonds. The number of fused-ring (bicyclic) bond motifs is 1. The highest BCUT2D eigenvalue weighted by Crippen LogP contribution is 2.70. The van der Waals surface area contributed by atoms with Crippen molar-refractivity contribution in [2.45, 2.75) is 45.1 Å². The fourth-order valence-corrected chi connectivity index (χ4v) is 8.00. The molecule has 2 aromatic heterocycles. The first-order valence-corrected chi connectivity index (χ1v) is 16.7. The van der Waals surface area contributed by atoms with Gasteiger partial charge < -0.3 is 20.1 Å². The molecule has 234 valence electrons. The number of pyridine rings is 1. The van der Waals surface area contributed by atoms with E-state index in [-0.39, 0.29) is 34.7 Å². The third-order valence-electron chi connectivity index (χ3n) is 9.15. The number of aryl methyl sites for hydroxylation is 1. The van der Waals surface area contributed by atoms with E-state index in [1.165, 1.54) is 11.0 Å². The molecule has 3 fully saturated rings. The lowest BCUT2D eigenvalue weighted by Gasteiger charge is -2.31. The number of anilines is 2. The smallest absolute Gasteiger partial charge is 0.407 e. The van der Waals surface area contributed by atoms with E-state index in [4.69, 9.17) is 4.74 Å². The van der Waals surface area contributed by atoms with Crippen LogP contribution in [-0.4, -0.2) is 64.4 Å². The first-order chi connectivity index (χ1) is 21.6. The van der Waals surface area contributed by atoms with Gasteiger partial charge in [-0.25, -0.2) is 32.6 Å². The van der Waals surface area contributed by atoms with Gasteiger partial charge in [0.25, 0.3) is 0 Å². The number of rotatable bonds is 9. The number of amides is 1. The quantitative estimate of drug-likeness (QED) is 0.201. The Morgan fingerprint density at radius 3 is 2.73 bits per heavy atom. The van der Waals surface area contributed by atoms with Crippen molar-refractivity contribution in [3.05, 3.63) is 66.2 Å². The Hall–Kier alpha value is -4.52. The molecule has 2 aliphatic carbocycles. The minimum atomic E-state index is -3.76. The summed E-state index contributed by atoms with van der Waals surface area (Å²) in [5.74, 6) is 0.479. The molecule has 1 spiro atoms. The van der Waals surface area contributed by atoms with Crippen LogP contribution in [0.15, 0.2) is 54.9 Å². The van der Waals surface area contributed by atoms with Crippen molar-refractivity contribution in [1.82, 2.24) is 19.9 Å². The number of benzene rings is 2. The van der Waals surface area contributed by atoms with Crippen molar-refractivity contribution in [3.8, 4) is 22.9 Å². The predicted octanol–water partition coefficient (Wildman–Crippen LogP) is 6.03. The summed E-state index contributed by atoms with van der Waals surface area (Å²) < 4.78 is 50.2. The third kappa shape index (κ3) is 5.96. The van der Waals surface area contributed by atoms with Crippen LogP contribution in [0.25, 0.3) is 22.0 Å². The van der Waals surface area contributed by atoms with Gasteiger partial charge in [0.1, 0.15) is 11.6 Å². The fourth-order valence-electron chi connectivity index (χ4n) is 6.40. The Morgan fingerprint density at radius 2 is 1.96 bits per heavy atom. The van der Waals surface area contributed by atoms with Crippen LogP contribution in [0.2, 0.25) is 0 Å². The molecule has 1 saturated heterocycles. The standard InChI is InChI=1S/C32H33FN6O5S/c1-19-6-7-22-23(8-9-25(33)27(22)38-45(42,43)18-20-16-32(20)11-12-32)28(19)44-29-24(5-2-13-34-29)26-10-14-35-30(37-26)36-21-4-3-15-39(17-21)31(40)41/h2,5-10,13-14,20-21,38H,3-4,11-12,15-18H2,1H3,(H,40,41)(H,35,36,37)/t20-,21?/m0/s1. The molecule has 4 aromatic rings. The SMILES string of the molecule is Cc1ccc2c(NS(=O)(=O)C[C@@H]3CC34CC4)c(F)ccc2c1Oc1ncccc1-c1ccnc(NC2CCCN(C(=O)O)C2)n1. The van der Waals surface area contributed by atoms with Gasteiger partial charge in [-0.2, -0.15) is 0 Å². The van der Waals surface area contributed by atoms with E-state index < -0.39 is 21.9 Å². The number of nitrogens with zero attached hydrogens (tertiary/aromatic N) is 4. The summed E-state index contributed by atoms with van der Waals surface area (Å²) in [5.41, 5.74) is 1.98. The van der Waals surface area contributed by atoms with Crippen LogP contribution in [0.5, 0.6) is 11.6 Å². The molecular formula is C32H33FN6O5S. The topological polar surface area (TPSA) is 147 Å². The second-order valence-corrected chi connectivity index (χ2v) is 14.1. The van der Waals surface area contributed by atoms with Crippen LogP contribution in [0.3, 0.4) is 0 Å². The van der Waals surface area contributed by atoms with Crippen molar-refractivity contribution in [3.63, 3.8) is 0 Å². The maximum absolute atomic E-state index is 15.1. The predicted molar refractivity (Wildman–Crippen MR) is 167 cm³/mol. The summed E-state index contributed by atoms with van der Waals surface area (Å²) in [6, 6.07) is 11.4. The van der Waals surface area contributed by atoms with Crippen LogP contribution in [0.1, 0.15) is 37.7 Å². The molecular weight excluding hydrogens is 599 g/mol. The molecule has 3 heterocycles. The van der Waals surface area contributed by atoms with Gasteiger partial charge in [-0.1, -0.05) is 12.1 Å². The Morgan fingerprint density at radius 1 is 1.13 bits per heavy atom. The van der Waals surface area contributed by atoms with Crippen LogP contribution >= 0.6 is 0 Å². The van der Waals surface area contributed by atoms with E-state index in [1.807, 2.05) is 13.0 Å². The number of carbonyl (C=O) groups is 1. The normalized spacial score (nSPS) is 20.2. The second kappa shape index (κ2) is 11.1. The average Bonchev–Trinajstić information content (AvgIpc) is 3.94. The lowest BCUT2D eigenvalue weighted by atomic mass is 10.0. The molecule has 1 aliphatic heterocycles. The van der Waals surface area contributed by atoms with Crippen molar-refractivity contribution in [2.75, 3.05) is 28.9 Å². The number of hydrogen-bond acceptors (Lipinski definition) is 8. The summed E-state index contributed by atoms with van der Waals surface area (Å²) in [4.78, 5) is 26.3. The molecule has 3 aliphatic rings. The highest BCUT2D eigenvalue weighted by molar-refractivity contribution is 7.92. The lowest BCUT2D eigenvalue weighted by molar-refractivity contribution is 0.132. The molecule has 2 aromatic carbocycles. The molecule has 0 radical (unpaired) electrons. The Kier molecular flexibility index (Phi) is 7.22. The summed E-state index contributed by atoms with van der Waals surface area (Å²) in [6.07, 6.45) is 6.84. The van der Waals surface area contributed by atoms with Gasteiger partial charge in [0.05, 0.1) is 22.7 Å². The Labute approximate surface area is 259 Å². The van der Waals surface area contributed by atoms with Gasteiger partial charge in [0.15, 0.2) is 0 Å². The van der Waals surface area contributed by atoms with E-state index >= 15 is 4.39 Å². The third-order valence-corrected chi connectivity index (χ3v) is 10.5. The van der Waals surface area contributed by atoms with Gasteiger partial charge in [-0.15, -0.1) is 0 Å². The van der Waals surface area contributed by atoms with Gasteiger partial charge in [-0.05, 0) is 86.3 Å². The van der Waals surface area contributed by atoms with Crippen LogP contribution in [0, 0.1) is 24.1 Å². The van der Waals surface area contributed by atoms with Crippen molar-refractivity contribution in [2.24, 2.45) is 11.3 Å². The van der Waals surface area contributed by atoms with E-state index in [0.29, 0.717) is 46.8 Å². The minimum absolute atomic E-state index is 0.0102. The van der Waals surface area contributed by atoms with E-state index in [2.05, 4.69) is 25.0 Å². The average molecular weight is 633 g/mol. The first kappa shape index (κ1) is 29.2. The summed E-state index contributed by atoms with van der Waals surface area (Å²) in [5, 5.41) is 13.5. The number of hydrogen-bond donors (Lipinski definition) is 3. The lowest BCUT2D eigenvalue weighted by Crippen LogP contribution is -2.44. The highest BCUT2D eigenvalue weighted by Gasteiger charge is 2.63. The zero-order valence-corrected chi connectivity index (χ0v) is 25.5. The molecule has 7 rings (SSSR count). The van der Waals surface area contributed by atoms with Crippen LogP contribution in [-0.2, 0) is 10.0 Å². The molecule has 2 atom stereocenters. The first-order valence-electron chi connectivity index (χ1n) is 15.0. The van der Waals surface area contributed by atoms with Crippen molar-refractivity contribution >= 4 is 38.5 Å². The molecule has 3 N–H and O–H groups in total. The van der Waals surface area contributed by atoms with Crippen molar-refractivity contribution < 1.29 is 27.4 Å². The second-order valence-electron chi connectivity index (χ2n) is 12.3. The number of aromatic nitrogens is 3. The summed E-state index contributed by atoms with van der Waals surface area (Å²) in [6.45, 7) is 2.69. The fraction of sp³-hybridized carbons (Fsp3) is 0.375. The number of sulfonamides is 1. The molecule has 11 nitrogen and oxygen atoms in total. The Bertz CT molecular complexity index is 1920. The highest BCUT2D eigenvalue weighted by atomic mass is 32.2. The van der Waals surface area contributed by atoms with Gasteiger partial charge in [0, 0.05) is 42.3 Å². The number of likely N-dealkylation sites (tertiary alicyclic amines) is 1. The molecule has 1 unspecified atom stereocenters. The molecule has 13 heteroatoms. The largest absolute Gasteiger partial charge is 0.465 e. The number of carboxylic acid groups (broad SMARTS) is 1. The monoisotopic (exact) mass is 632 g/mol. The summed E-state index contributed by atoms with van der Waals surface area (Å²) in [7, 11) is -3.76.